The number of benzene rings is 9. The van der Waals surface area contributed by atoms with Crippen LogP contribution in [0.2, 0.25) is 0 Å². The Morgan fingerprint density at radius 1 is 0.400 bits per heavy atom. The molecule has 0 aliphatic heterocycles. The van der Waals surface area contributed by atoms with Crippen molar-refractivity contribution in [1.82, 2.24) is 0 Å². The van der Waals surface area contributed by atoms with Crippen LogP contribution in [0.3, 0.4) is 0 Å². The maximum atomic E-state index is 10.0. The number of hydrogen-bond donors (Lipinski definition) is 0. The molecule has 0 bridgehead atoms. The van der Waals surface area contributed by atoms with Crippen LogP contribution >= 0.6 is 0 Å². The molecule has 0 saturated carbocycles. The molecule has 1 heteroatoms. The first-order chi connectivity index (χ1) is 37.2. The highest BCUT2D eigenvalue weighted by molar-refractivity contribution is 6.23. The highest BCUT2D eigenvalue weighted by Crippen LogP contribution is 2.47. The molecular formula is C49H30O. The smallest absolute Gasteiger partial charge is 0.136 e. The van der Waals surface area contributed by atoms with Crippen LogP contribution in [-0.4, -0.2) is 0 Å². The van der Waals surface area contributed by atoms with Gasteiger partial charge in [-0.05, 0) is 118 Å². The molecule has 0 atom stereocenters. The normalized spacial score (nSPS) is 21.8. The fourth-order valence-electron chi connectivity index (χ4n) is 6.45. The fourth-order valence-corrected chi connectivity index (χ4v) is 6.45. The summed E-state index contributed by atoms with van der Waals surface area (Å²) >= 11 is 0. The molecule has 0 fully saturated rings. The van der Waals surface area contributed by atoms with Crippen molar-refractivity contribution in [2.24, 2.45) is 0 Å². The van der Waals surface area contributed by atoms with Gasteiger partial charge in [-0.1, -0.05) is 145 Å². The Kier molecular flexibility index (Phi) is 2.38. The summed E-state index contributed by atoms with van der Waals surface area (Å²) in [5, 5.41) is -5.17. The zero-order valence-electron chi connectivity index (χ0n) is 54.9. The summed E-state index contributed by atoms with van der Waals surface area (Å²) in [6.45, 7) is 0. The second-order valence-corrected chi connectivity index (χ2v) is 11.1. The topological polar surface area (TPSA) is 13.1 Å². The summed E-state index contributed by atoms with van der Waals surface area (Å²) in [6, 6.07) is -27.1. The summed E-state index contributed by atoms with van der Waals surface area (Å²) in [5.41, 5.74) is -9.16. The van der Waals surface area contributed by atoms with Gasteiger partial charge in [0.2, 0.25) is 0 Å². The lowest BCUT2D eigenvalue weighted by Crippen LogP contribution is -1.92. The van der Waals surface area contributed by atoms with E-state index in [2.05, 4.69) is 0 Å². The highest BCUT2D eigenvalue weighted by Gasteiger charge is 2.23. The van der Waals surface area contributed by atoms with Gasteiger partial charge in [0.15, 0.2) is 0 Å². The van der Waals surface area contributed by atoms with Gasteiger partial charge >= 0.3 is 0 Å². The molecule has 50 heavy (non-hydrogen) atoms. The predicted octanol–water partition coefficient (Wildman–Crippen LogP) is 13.6. The van der Waals surface area contributed by atoms with E-state index in [1.165, 1.54) is 0 Å². The van der Waals surface area contributed by atoms with Crippen molar-refractivity contribution < 1.29 is 45.5 Å². The van der Waals surface area contributed by atoms with Gasteiger partial charge in [-0.15, -0.1) is 0 Å². The van der Waals surface area contributed by atoms with E-state index >= 15 is 0 Å². The molecule has 1 nitrogen and oxygen atoms in total. The van der Waals surface area contributed by atoms with Gasteiger partial charge in [0.05, 0.1) is 38.4 Å². The Morgan fingerprint density at radius 2 is 0.980 bits per heavy atom. The Hall–Kier alpha value is -6.44. The van der Waals surface area contributed by atoms with Gasteiger partial charge < -0.3 is 4.42 Å². The molecule has 0 unspecified atom stereocenters. The largest absolute Gasteiger partial charge is 0.456 e. The molecule has 0 N–H and O–H groups in total. The molecule has 1 heterocycles. The van der Waals surface area contributed by atoms with E-state index in [0.717, 1.165) is 0 Å². The van der Waals surface area contributed by atoms with Crippen molar-refractivity contribution in [2.75, 3.05) is 0 Å². The third-order valence-corrected chi connectivity index (χ3v) is 8.51. The van der Waals surface area contributed by atoms with Crippen LogP contribution in [-0.2, 0) is 6.37 Å². The average molecular weight is 665 g/mol. The third-order valence-electron chi connectivity index (χ3n) is 8.51. The van der Waals surface area contributed by atoms with Gasteiger partial charge in [-0.2, -0.15) is 0 Å². The van der Waals surface area contributed by atoms with Crippen LogP contribution in [0, 0.1) is 0 Å². The monoisotopic (exact) mass is 664 g/mol. The summed E-state index contributed by atoms with van der Waals surface area (Å²) in [4.78, 5) is 0. The van der Waals surface area contributed by atoms with Gasteiger partial charge in [-0.25, -0.2) is 0 Å². The maximum Gasteiger partial charge on any atom is 0.136 e. The van der Waals surface area contributed by atoms with Crippen molar-refractivity contribution in [3.63, 3.8) is 0 Å². The lowest BCUT2D eigenvalue weighted by molar-refractivity contribution is 0.669. The van der Waals surface area contributed by atoms with Crippen LogP contribution in [0.1, 0.15) is 52.2 Å². The maximum absolute atomic E-state index is 10.0. The molecule has 232 valence electrons. The second-order valence-electron chi connectivity index (χ2n) is 11.1. The van der Waals surface area contributed by atoms with Crippen molar-refractivity contribution >= 4 is 54.3 Å². The number of furan rings is 1. The summed E-state index contributed by atoms with van der Waals surface area (Å²) in [5.74, 6) is 0. The SMILES string of the molecule is [2H]c1c([2H])c(-c2c([2H])c([2H])c([2H])c3c2-c2c([2H])c([2H])c([2H])c([2H])c2C3([2H])[2H])c([2H])c(-c2c3c([2H])c([2H])c([2H])c([2H])c3c(-c3c([2H])c([2H])c4oc5c([2H])c([2H])c6c([2H])c([2H])c([2H])c([2H])c6c5c4c3[2H])c3c([2H])c([2H])c([2H])c([2H])c23)c1[2H]. The van der Waals surface area contributed by atoms with E-state index in [9.17, 15) is 19.2 Å². The van der Waals surface area contributed by atoms with Crippen molar-refractivity contribution in [3.8, 4) is 44.5 Å². The van der Waals surface area contributed by atoms with E-state index in [-0.39, 0.29) is 0 Å². The standard InChI is InChI=1S/C49H30O/c1-3-16-36-30(11-1)23-26-45-49(36)43-29-35(24-25-44(43)50-45)48-41-20-7-5-18-39(41)47(40-19-6-8-21-42(40)48)34-14-9-13-32(28-34)38-22-10-15-33-27-31-12-2-4-17-37(31)46(33)38/h1-26,28-29H,27H2/i1D,2D,3D,4D,5D,6D,7D,8D,9D,10D,11D,12D,13D,14D,15D,16D,17D,18D,19D,20D,21D,22D,23D,24D,25D,26D,27D2,28D,29D. The van der Waals surface area contributed by atoms with Crippen LogP contribution in [0.15, 0.2) is 174 Å². The zero-order chi connectivity index (χ0) is 58.9. The van der Waals surface area contributed by atoms with Gasteiger partial charge in [0.25, 0.3) is 0 Å². The molecule has 10 aromatic rings. The van der Waals surface area contributed by atoms with Crippen molar-refractivity contribution in [3.05, 3.63) is 180 Å². The van der Waals surface area contributed by atoms with Crippen LogP contribution in [0.5, 0.6) is 0 Å². The highest BCUT2D eigenvalue weighted by atomic mass is 16.3. The van der Waals surface area contributed by atoms with Gasteiger partial charge in [-0.3, -0.25) is 0 Å². The Labute approximate surface area is 331 Å². The molecule has 1 aliphatic carbocycles. The molecule has 0 radical (unpaired) electrons. The molecule has 1 aliphatic rings. The van der Waals surface area contributed by atoms with E-state index in [4.69, 9.17) is 26.3 Å². The Morgan fingerprint density at radius 3 is 1.76 bits per heavy atom. The summed E-state index contributed by atoms with van der Waals surface area (Å²) < 4.78 is 279. The van der Waals surface area contributed by atoms with Crippen molar-refractivity contribution in [2.45, 2.75) is 6.37 Å². The second kappa shape index (κ2) is 10.5. The van der Waals surface area contributed by atoms with Crippen molar-refractivity contribution in [1.29, 1.82) is 0 Å². The van der Waals surface area contributed by atoms with E-state index < -0.39 is 285 Å². The minimum atomic E-state index is -3.03. The first-order valence-corrected chi connectivity index (χ1v) is 14.9. The van der Waals surface area contributed by atoms with Gasteiger partial charge in [0.1, 0.15) is 11.2 Å². The first-order valence-electron chi connectivity index (χ1n) is 29.9. The van der Waals surface area contributed by atoms with E-state index in [1.807, 2.05) is 0 Å². The zero-order valence-corrected chi connectivity index (χ0v) is 24.9. The summed E-state index contributed by atoms with van der Waals surface area (Å²) in [6.07, 6.45) is -3.03. The van der Waals surface area contributed by atoms with Crippen LogP contribution < -0.4 is 0 Å². The van der Waals surface area contributed by atoms with Gasteiger partial charge in [0, 0.05) is 13.5 Å². The first kappa shape index (κ1) is 11.3. The summed E-state index contributed by atoms with van der Waals surface area (Å²) in [7, 11) is 0. The molecule has 0 saturated heterocycles. The molecule has 9 aromatic carbocycles. The molecule has 1 aromatic heterocycles. The van der Waals surface area contributed by atoms with E-state index in [0.29, 0.717) is 0 Å². The number of fused-ring (bicyclic) bond motifs is 10. The minimum Gasteiger partial charge on any atom is -0.456 e. The van der Waals surface area contributed by atoms with E-state index in [1.54, 1.807) is 0 Å². The molecule has 0 spiro atoms. The molecule has 0 amide bonds. The minimum absolute atomic E-state index is 0.429. The Bertz CT molecular complexity index is 4630. The van der Waals surface area contributed by atoms with Crippen LogP contribution in [0.25, 0.3) is 98.8 Å². The lowest BCUT2D eigenvalue weighted by atomic mass is 9.85. The number of hydrogen-bond acceptors (Lipinski definition) is 1. The fraction of sp³-hybridized carbons (Fsp3) is 0.0204. The number of rotatable bonds is 3. The predicted molar refractivity (Wildman–Crippen MR) is 211 cm³/mol. The average Bonchev–Trinajstić information content (AvgIpc) is 4.14. The molecule has 11 rings (SSSR count). The lowest BCUT2D eigenvalue weighted by Gasteiger charge is -2.18. The molecular weight excluding hydrogens is 605 g/mol. The Balaban J connectivity index is 1.41. The quantitative estimate of drug-likeness (QED) is 0.171. The van der Waals surface area contributed by atoms with Crippen LogP contribution in [0.4, 0.5) is 0 Å². The third kappa shape index (κ3) is 3.95.